The Balaban J connectivity index is 1.81. The summed E-state index contributed by atoms with van der Waals surface area (Å²) in [4.78, 5) is 19.9. The maximum absolute atomic E-state index is 12.6. The molecule has 0 bridgehead atoms. The quantitative estimate of drug-likeness (QED) is 0.684. The van der Waals surface area contributed by atoms with Crippen molar-refractivity contribution in [3.63, 3.8) is 0 Å². The number of rotatable bonds is 1. The SMILES string of the molecule is Cc1ccc2nc3c(cc2c1)CCN3C(=O)c1cccs1. The number of thiophene rings is 1. The molecule has 0 N–H and O–H groups in total. The van der Waals surface area contributed by atoms with Gasteiger partial charge in [-0.1, -0.05) is 17.7 Å². The number of aromatic nitrogens is 1. The summed E-state index contributed by atoms with van der Waals surface area (Å²) in [5.41, 5.74) is 3.34. The van der Waals surface area contributed by atoms with Gasteiger partial charge in [-0.25, -0.2) is 4.98 Å². The Hall–Kier alpha value is -2.20. The third-order valence-electron chi connectivity index (χ3n) is 3.86. The fraction of sp³-hybridized carbons (Fsp3) is 0.176. The molecule has 0 aliphatic carbocycles. The van der Waals surface area contributed by atoms with Crippen molar-refractivity contribution < 1.29 is 4.79 Å². The minimum absolute atomic E-state index is 0.0581. The summed E-state index contributed by atoms with van der Waals surface area (Å²) in [6.45, 7) is 2.80. The lowest BCUT2D eigenvalue weighted by Gasteiger charge is -2.15. The van der Waals surface area contributed by atoms with Crippen LogP contribution in [0.5, 0.6) is 0 Å². The van der Waals surface area contributed by atoms with Gasteiger partial charge in [0.2, 0.25) is 0 Å². The molecule has 0 fully saturated rings. The number of hydrogen-bond donors (Lipinski definition) is 0. The molecular weight excluding hydrogens is 280 g/mol. The zero-order chi connectivity index (χ0) is 14.4. The molecule has 4 rings (SSSR count). The Morgan fingerprint density at radius 1 is 1.29 bits per heavy atom. The summed E-state index contributed by atoms with van der Waals surface area (Å²) in [5.74, 6) is 0.882. The second kappa shape index (κ2) is 4.67. The highest BCUT2D eigenvalue weighted by atomic mass is 32.1. The van der Waals surface area contributed by atoms with Gasteiger partial charge in [-0.3, -0.25) is 9.69 Å². The van der Waals surface area contributed by atoms with E-state index in [-0.39, 0.29) is 5.91 Å². The number of nitrogens with zero attached hydrogens (tertiary/aromatic N) is 2. The van der Waals surface area contributed by atoms with Gasteiger partial charge in [0.05, 0.1) is 10.4 Å². The first-order valence-electron chi connectivity index (χ1n) is 6.98. The highest BCUT2D eigenvalue weighted by molar-refractivity contribution is 7.12. The van der Waals surface area contributed by atoms with Gasteiger partial charge in [0, 0.05) is 11.9 Å². The van der Waals surface area contributed by atoms with Crippen LogP contribution in [-0.2, 0) is 6.42 Å². The smallest absolute Gasteiger partial charge is 0.269 e. The Bertz CT molecular complexity index is 839. The van der Waals surface area contributed by atoms with Crippen molar-refractivity contribution >= 4 is 34.0 Å². The topological polar surface area (TPSA) is 33.2 Å². The average molecular weight is 294 g/mol. The van der Waals surface area contributed by atoms with E-state index in [1.807, 2.05) is 23.6 Å². The normalized spacial score (nSPS) is 13.7. The van der Waals surface area contributed by atoms with Crippen LogP contribution in [-0.4, -0.2) is 17.4 Å². The summed E-state index contributed by atoms with van der Waals surface area (Å²) in [5, 5.41) is 3.08. The van der Waals surface area contributed by atoms with E-state index in [4.69, 9.17) is 4.98 Å². The molecule has 4 heteroatoms. The van der Waals surface area contributed by atoms with Gasteiger partial charge in [-0.15, -0.1) is 11.3 Å². The number of amides is 1. The van der Waals surface area contributed by atoms with E-state index in [0.717, 1.165) is 33.6 Å². The first-order valence-corrected chi connectivity index (χ1v) is 7.86. The molecule has 0 atom stereocenters. The van der Waals surface area contributed by atoms with Crippen LogP contribution in [0.3, 0.4) is 0 Å². The van der Waals surface area contributed by atoms with E-state index in [0.29, 0.717) is 6.54 Å². The number of carbonyl (C=O) groups is 1. The Morgan fingerprint density at radius 2 is 2.19 bits per heavy atom. The van der Waals surface area contributed by atoms with Crippen LogP contribution in [0.2, 0.25) is 0 Å². The summed E-state index contributed by atoms with van der Waals surface area (Å²) >= 11 is 1.48. The molecule has 1 amide bonds. The predicted molar refractivity (Wildman–Crippen MR) is 86.2 cm³/mol. The van der Waals surface area contributed by atoms with Crippen LogP contribution in [0.1, 0.15) is 20.8 Å². The van der Waals surface area contributed by atoms with Gasteiger partial charge >= 0.3 is 0 Å². The number of aryl methyl sites for hydroxylation is 1. The first-order chi connectivity index (χ1) is 10.2. The van der Waals surface area contributed by atoms with Gasteiger partial charge in [-0.2, -0.15) is 0 Å². The molecule has 0 saturated heterocycles. The molecule has 0 saturated carbocycles. The number of benzene rings is 1. The minimum atomic E-state index is 0.0581. The standard InChI is InChI=1S/C17H14N2OS/c1-11-4-5-14-13(9-11)10-12-6-7-19(16(12)18-14)17(20)15-3-2-8-21-15/h2-5,8-10H,6-7H2,1H3. The molecule has 3 aromatic rings. The molecule has 3 nitrogen and oxygen atoms in total. The lowest BCUT2D eigenvalue weighted by atomic mass is 10.1. The van der Waals surface area contributed by atoms with E-state index in [1.165, 1.54) is 16.9 Å². The highest BCUT2D eigenvalue weighted by Gasteiger charge is 2.27. The maximum Gasteiger partial charge on any atom is 0.269 e. The van der Waals surface area contributed by atoms with Crippen LogP contribution < -0.4 is 4.90 Å². The van der Waals surface area contributed by atoms with E-state index in [1.54, 1.807) is 4.90 Å². The molecule has 3 heterocycles. The number of pyridine rings is 1. The Morgan fingerprint density at radius 3 is 3.00 bits per heavy atom. The lowest BCUT2D eigenvalue weighted by Crippen LogP contribution is -2.28. The van der Waals surface area contributed by atoms with Gasteiger partial charge < -0.3 is 0 Å². The fourth-order valence-electron chi connectivity index (χ4n) is 2.82. The zero-order valence-electron chi connectivity index (χ0n) is 11.7. The zero-order valence-corrected chi connectivity index (χ0v) is 12.5. The molecule has 2 aromatic heterocycles. The molecule has 1 aliphatic rings. The van der Waals surface area contributed by atoms with E-state index >= 15 is 0 Å². The molecule has 0 spiro atoms. The minimum Gasteiger partial charge on any atom is -0.291 e. The number of anilines is 1. The molecular formula is C17H14N2OS. The third kappa shape index (κ3) is 2.03. The molecule has 0 radical (unpaired) electrons. The number of hydrogen-bond acceptors (Lipinski definition) is 3. The van der Waals surface area contributed by atoms with Crippen LogP contribution in [0, 0.1) is 6.92 Å². The van der Waals surface area contributed by atoms with Gasteiger partial charge in [0.15, 0.2) is 0 Å². The molecule has 104 valence electrons. The maximum atomic E-state index is 12.6. The van der Waals surface area contributed by atoms with Gasteiger partial charge in [-0.05, 0) is 48.6 Å². The van der Waals surface area contributed by atoms with Crippen LogP contribution in [0.25, 0.3) is 10.9 Å². The largest absolute Gasteiger partial charge is 0.291 e. The summed E-state index contributed by atoms with van der Waals surface area (Å²) in [6, 6.07) is 12.2. The van der Waals surface area contributed by atoms with E-state index < -0.39 is 0 Å². The summed E-state index contributed by atoms with van der Waals surface area (Å²) in [6.07, 6.45) is 0.878. The first kappa shape index (κ1) is 12.5. The Labute approximate surface area is 126 Å². The van der Waals surface area contributed by atoms with Crippen molar-refractivity contribution in [3.05, 3.63) is 57.8 Å². The van der Waals surface area contributed by atoms with Crippen molar-refractivity contribution in [2.75, 3.05) is 11.4 Å². The molecule has 1 aliphatic heterocycles. The van der Waals surface area contributed by atoms with Crippen LogP contribution in [0.15, 0.2) is 41.8 Å². The van der Waals surface area contributed by atoms with Crippen molar-refractivity contribution in [1.82, 2.24) is 4.98 Å². The van der Waals surface area contributed by atoms with Crippen LogP contribution >= 0.6 is 11.3 Å². The van der Waals surface area contributed by atoms with E-state index in [2.05, 4.69) is 25.1 Å². The molecule has 21 heavy (non-hydrogen) atoms. The molecule has 0 unspecified atom stereocenters. The second-order valence-corrected chi connectivity index (χ2v) is 6.30. The average Bonchev–Trinajstić information content (AvgIpc) is 3.13. The van der Waals surface area contributed by atoms with Crippen molar-refractivity contribution in [1.29, 1.82) is 0 Å². The van der Waals surface area contributed by atoms with Gasteiger partial charge in [0.1, 0.15) is 5.82 Å². The number of carbonyl (C=O) groups excluding carboxylic acids is 1. The molecule has 1 aromatic carbocycles. The number of fused-ring (bicyclic) bond motifs is 2. The van der Waals surface area contributed by atoms with Crippen molar-refractivity contribution in [3.8, 4) is 0 Å². The monoisotopic (exact) mass is 294 g/mol. The Kier molecular flexibility index (Phi) is 2.79. The summed E-state index contributed by atoms with van der Waals surface area (Å²) in [7, 11) is 0. The van der Waals surface area contributed by atoms with Crippen molar-refractivity contribution in [2.24, 2.45) is 0 Å². The van der Waals surface area contributed by atoms with E-state index in [9.17, 15) is 4.79 Å². The fourth-order valence-corrected chi connectivity index (χ4v) is 3.49. The van der Waals surface area contributed by atoms with Gasteiger partial charge in [0.25, 0.3) is 5.91 Å². The lowest BCUT2D eigenvalue weighted by molar-refractivity contribution is 0.0992. The van der Waals surface area contributed by atoms with Crippen molar-refractivity contribution in [2.45, 2.75) is 13.3 Å². The highest BCUT2D eigenvalue weighted by Crippen LogP contribution is 2.31. The summed E-state index contributed by atoms with van der Waals surface area (Å²) < 4.78 is 0. The second-order valence-electron chi connectivity index (χ2n) is 5.35. The third-order valence-corrected chi connectivity index (χ3v) is 4.72. The predicted octanol–water partition coefficient (Wildman–Crippen LogP) is 3.81. The van der Waals surface area contributed by atoms with Crippen LogP contribution in [0.4, 0.5) is 5.82 Å².